The lowest BCUT2D eigenvalue weighted by molar-refractivity contribution is 0.0698. The van der Waals surface area contributed by atoms with E-state index in [0.29, 0.717) is 65.8 Å². The van der Waals surface area contributed by atoms with Crippen molar-refractivity contribution in [3.63, 3.8) is 0 Å². The van der Waals surface area contributed by atoms with Crippen LogP contribution >= 0.6 is 0 Å². The number of carbonyl (C=O) groups is 2. The highest BCUT2D eigenvalue weighted by atomic mass is 28.4. The molecule has 1 aromatic rings. The van der Waals surface area contributed by atoms with Gasteiger partial charge >= 0.3 is 29.7 Å². The van der Waals surface area contributed by atoms with Crippen LogP contribution in [0.2, 0.25) is 12.1 Å². The molecule has 0 aromatic heterocycles. The summed E-state index contributed by atoms with van der Waals surface area (Å²) in [4.78, 5) is 24.5. The SMILES string of the molecule is CCO[Si](CCCCCCCCCCNC(=O)NCc1ccc(CNC(=O)NCCCCCCCCCC[Si](OCC)(OCC)OCC)cc1)(OCC)OCC. The first kappa shape index (κ1) is 52.0. The number of hydrogen-bond acceptors (Lipinski definition) is 8. The Morgan fingerprint density at radius 1 is 0.393 bits per heavy atom. The van der Waals surface area contributed by atoms with Crippen molar-refractivity contribution in [3.05, 3.63) is 35.4 Å². The second kappa shape index (κ2) is 34.9. The number of carbonyl (C=O) groups excluding carboxylic acids is 2. The van der Waals surface area contributed by atoms with Crippen LogP contribution in [0.5, 0.6) is 0 Å². The Hall–Kier alpha value is -2.05. The first-order valence-electron chi connectivity index (χ1n) is 22.3. The molecular formula is C42H82N4O8Si2. The van der Waals surface area contributed by atoms with E-state index in [1.165, 1.54) is 64.2 Å². The van der Waals surface area contributed by atoms with Gasteiger partial charge in [0.25, 0.3) is 0 Å². The summed E-state index contributed by atoms with van der Waals surface area (Å²) in [5, 5.41) is 11.8. The van der Waals surface area contributed by atoms with E-state index >= 15 is 0 Å². The zero-order valence-electron chi connectivity index (χ0n) is 36.4. The highest BCUT2D eigenvalue weighted by molar-refractivity contribution is 6.61. The highest BCUT2D eigenvalue weighted by Crippen LogP contribution is 2.22. The topological polar surface area (TPSA) is 138 Å². The molecule has 12 nitrogen and oxygen atoms in total. The minimum atomic E-state index is -2.50. The summed E-state index contributed by atoms with van der Waals surface area (Å²) in [7, 11) is -5.01. The van der Waals surface area contributed by atoms with Gasteiger partial charge in [-0.2, -0.15) is 0 Å². The molecule has 0 spiro atoms. The zero-order chi connectivity index (χ0) is 41.0. The van der Waals surface area contributed by atoms with Gasteiger partial charge in [-0.25, -0.2) is 9.59 Å². The van der Waals surface area contributed by atoms with E-state index in [-0.39, 0.29) is 12.1 Å². The van der Waals surface area contributed by atoms with Crippen LogP contribution < -0.4 is 21.3 Å². The van der Waals surface area contributed by atoms with Crippen LogP contribution in [0.4, 0.5) is 9.59 Å². The number of benzene rings is 1. The molecule has 0 atom stereocenters. The molecule has 0 aliphatic heterocycles. The monoisotopic (exact) mass is 827 g/mol. The fourth-order valence-electron chi connectivity index (χ4n) is 6.73. The lowest BCUT2D eigenvalue weighted by Gasteiger charge is -2.28. The van der Waals surface area contributed by atoms with Crippen molar-refractivity contribution in [2.45, 2.75) is 169 Å². The first-order chi connectivity index (χ1) is 27.3. The molecule has 0 saturated carbocycles. The Morgan fingerprint density at radius 3 is 0.911 bits per heavy atom. The fourth-order valence-corrected chi connectivity index (χ4v) is 12.1. The zero-order valence-corrected chi connectivity index (χ0v) is 38.4. The molecule has 56 heavy (non-hydrogen) atoms. The third kappa shape index (κ3) is 26.1. The third-order valence-corrected chi connectivity index (χ3v) is 15.8. The largest absolute Gasteiger partial charge is 0.500 e. The van der Waals surface area contributed by atoms with Crippen molar-refractivity contribution in [3.8, 4) is 0 Å². The van der Waals surface area contributed by atoms with Crippen LogP contribution in [0.1, 0.15) is 155 Å². The van der Waals surface area contributed by atoms with Crippen molar-refractivity contribution in [2.24, 2.45) is 0 Å². The molecule has 0 bridgehead atoms. The number of amides is 4. The predicted molar refractivity (Wildman–Crippen MR) is 232 cm³/mol. The highest BCUT2D eigenvalue weighted by Gasteiger charge is 2.40. The second-order valence-corrected chi connectivity index (χ2v) is 19.6. The molecule has 0 heterocycles. The van der Waals surface area contributed by atoms with Gasteiger partial charge in [-0.05, 0) is 78.4 Å². The lowest BCUT2D eigenvalue weighted by atomic mass is 10.1. The molecule has 4 amide bonds. The summed E-state index contributed by atoms with van der Waals surface area (Å²) >= 11 is 0. The van der Waals surface area contributed by atoms with E-state index in [9.17, 15) is 9.59 Å². The maximum atomic E-state index is 12.3. The van der Waals surface area contributed by atoms with Gasteiger partial charge in [-0.3, -0.25) is 0 Å². The van der Waals surface area contributed by atoms with Crippen molar-refractivity contribution in [1.29, 1.82) is 0 Å². The Morgan fingerprint density at radius 2 is 0.643 bits per heavy atom. The molecule has 0 saturated heterocycles. The normalized spacial score (nSPS) is 11.8. The summed E-state index contributed by atoms with van der Waals surface area (Å²) in [5.41, 5.74) is 2.03. The molecule has 1 aromatic carbocycles. The molecule has 326 valence electrons. The molecule has 0 unspecified atom stereocenters. The summed E-state index contributed by atoms with van der Waals surface area (Å²) in [6.07, 6.45) is 18.4. The van der Waals surface area contributed by atoms with Crippen molar-refractivity contribution < 1.29 is 36.1 Å². The second-order valence-electron chi connectivity index (χ2n) is 14.2. The summed E-state index contributed by atoms with van der Waals surface area (Å²) in [6, 6.07) is 9.46. The van der Waals surface area contributed by atoms with Gasteiger partial charge in [0.1, 0.15) is 0 Å². The Balaban J connectivity index is 2.03. The standard InChI is InChI=1S/C42H82N4O8Si2/c1-7-49-55(50-8-2,51-9-3)35-27-23-19-15-13-17-21-25-33-43-41(47)45-37-39-29-31-40(32-30-39)38-46-42(48)44-34-26-22-18-14-16-20-24-28-36-56(52-10-4,53-11-5)54-12-6/h29-32H,7-28,33-38H2,1-6H3,(H2,43,45,47)(H2,44,46,48). The third-order valence-electron chi connectivity index (χ3n) is 9.51. The molecular weight excluding hydrogens is 745 g/mol. The number of nitrogens with one attached hydrogen (secondary N) is 4. The lowest BCUT2D eigenvalue weighted by Crippen LogP contribution is -2.45. The predicted octanol–water partition coefficient (Wildman–Crippen LogP) is 9.62. The van der Waals surface area contributed by atoms with E-state index < -0.39 is 17.6 Å². The molecule has 1 rings (SSSR count). The van der Waals surface area contributed by atoms with Crippen LogP contribution in [0.25, 0.3) is 0 Å². The van der Waals surface area contributed by atoms with E-state index in [1.807, 2.05) is 65.8 Å². The number of urea groups is 2. The quantitative estimate of drug-likeness (QED) is 0.0382. The van der Waals surface area contributed by atoms with Gasteiger partial charge in [0.15, 0.2) is 0 Å². The smallest absolute Gasteiger partial charge is 0.374 e. The Kier molecular flexibility index (Phi) is 32.4. The van der Waals surface area contributed by atoms with Crippen molar-refractivity contribution in [2.75, 3.05) is 52.7 Å². The first-order valence-corrected chi connectivity index (χ1v) is 26.1. The summed E-state index contributed by atoms with van der Waals surface area (Å²) < 4.78 is 35.7. The Labute approximate surface area is 343 Å². The van der Waals surface area contributed by atoms with E-state index in [4.69, 9.17) is 26.6 Å². The minimum absolute atomic E-state index is 0.143. The van der Waals surface area contributed by atoms with Crippen LogP contribution in [-0.2, 0) is 39.6 Å². The van der Waals surface area contributed by atoms with Crippen LogP contribution in [0.15, 0.2) is 24.3 Å². The molecule has 0 radical (unpaired) electrons. The van der Waals surface area contributed by atoms with Crippen LogP contribution in [0.3, 0.4) is 0 Å². The van der Waals surface area contributed by atoms with Crippen LogP contribution in [0, 0.1) is 0 Å². The van der Waals surface area contributed by atoms with Gasteiger partial charge in [-0.15, -0.1) is 0 Å². The molecule has 14 heteroatoms. The number of hydrogen-bond donors (Lipinski definition) is 4. The maximum Gasteiger partial charge on any atom is 0.500 e. The van der Waals surface area contributed by atoms with Gasteiger partial charge in [-0.1, -0.05) is 101 Å². The average molecular weight is 827 g/mol. The molecule has 0 aliphatic rings. The summed E-state index contributed by atoms with van der Waals surface area (Å²) in [5.74, 6) is 0. The van der Waals surface area contributed by atoms with Gasteiger partial charge < -0.3 is 47.8 Å². The van der Waals surface area contributed by atoms with Crippen molar-refractivity contribution >= 4 is 29.7 Å². The number of rotatable bonds is 38. The fraction of sp³-hybridized carbons (Fsp3) is 0.810. The summed E-state index contributed by atoms with van der Waals surface area (Å²) in [6.45, 7) is 18.1. The van der Waals surface area contributed by atoms with Crippen molar-refractivity contribution in [1.82, 2.24) is 21.3 Å². The van der Waals surface area contributed by atoms with Gasteiger partial charge in [0.2, 0.25) is 0 Å². The number of unbranched alkanes of at least 4 members (excludes halogenated alkanes) is 14. The minimum Gasteiger partial charge on any atom is -0.374 e. The molecule has 0 fully saturated rings. The van der Waals surface area contributed by atoms with E-state index in [0.717, 1.165) is 61.7 Å². The average Bonchev–Trinajstić information content (AvgIpc) is 3.18. The van der Waals surface area contributed by atoms with Gasteiger partial charge in [0.05, 0.1) is 0 Å². The van der Waals surface area contributed by atoms with E-state index in [1.54, 1.807) is 0 Å². The molecule has 4 N–H and O–H groups in total. The van der Waals surface area contributed by atoms with Gasteiger partial charge in [0, 0.05) is 77.9 Å². The maximum absolute atomic E-state index is 12.3. The van der Waals surface area contributed by atoms with E-state index in [2.05, 4.69) is 21.3 Å². The molecule has 0 aliphatic carbocycles. The van der Waals surface area contributed by atoms with Crippen LogP contribution in [-0.4, -0.2) is 82.4 Å². The Bertz CT molecular complexity index is 972.